The molecule has 5 heteroatoms. The number of halogens is 2. The van der Waals surface area contributed by atoms with E-state index in [9.17, 15) is 8.78 Å². The van der Waals surface area contributed by atoms with E-state index in [0.29, 0.717) is 16.0 Å². The van der Waals surface area contributed by atoms with Crippen LogP contribution < -0.4 is 5.32 Å². The molecular formula is C15H16F2N2S. The zero-order chi connectivity index (χ0) is 14.5. The maximum Gasteiger partial charge on any atom is 0.140 e. The Kier molecular flexibility index (Phi) is 5.09. The van der Waals surface area contributed by atoms with E-state index >= 15 is 0 Å². The summed E-state index contributed by atoms with van der Waals surface area (Å²) in [5.74, 6) is -1.14. The summed E-state index contributed by atoms with van der Waals surface area (Å²) in [5.41, 5.74) is 1.07. The SMILES string of the molecule is CC(C)NCc1ccc(Sc2ccc(F)cc2F)nc1. The topological polar surface area (TPSA) is 24.9 Å². The van der Waals surface area contributed by atoms with Gasteiger partial charge < -0.3 is 5.32 Å². The molecule has 0 spiro atoms. The summed E-state index contributed by atoms with van der Waals surface area (Å²) in [4.78, 5) is 4.65. The molecule has 0 aliphatic carbocycles. The van der Waals surface area contributed by atoms with Crippen LogP contribution in [0, 0.1) is 11.6 Å². The van der Waals surface area contributed by atoms with Crippen molar-refractivity contribution in [2.75, 3.05) is 0 Å². The first-order chi connectivity index (χ1) is 9.54. The Balaban J connectivity index is 2.03. The highest BCUT2D eigenvalue weighted by molar-refractivity contribution is 7.99. The third-order valence-electron chi connectivity index (χ3n) is 2.62. The number of hydrogen-bond donors (Lipinski definition) is 1. The summed E-state index contributed by atoms with van der Waals surface area (Å²) in [6.07, 6.45) is 1.76. The van der Waals surface area contributed by atoms with Crippen LogP contribution in [-0.4, -0.2) is 11.0 Å². The molecule has 0 bridgehead atoms. The van der Waals surface area contributed by atoms with Crippen LogP contribution in [0.5, 0.6) is 0 Å². The Morgan fingerprint density at radius 1 is 1.20 bits per heavy atom. The van der Waals surface area contributed by atoms with E-state index in [0.717, 1.165) is 18.2 Å². The number of pyridine rings is 1. The third kappa shape index (κ3) is 4.28. The van der Waals surface area contributed by atoms with Gasteiger partial charge in [0, 0.05) is 29.7 Å². The van der Waals surface area contributed by atoms with Gasteiger partial charge in [0.1, 0.15) is 16.7 Å². The van der Waals surface area contributed by atoms with Crippen LogP contribution in [0.4, 0.5) is 8.78 Å². The Labute approximate surface area is 121 Å². The summed E-state index contributed by atoms with van der Waals surface area (Å²) < 4.78 is 26.3. The van der Waals surface area contributed by atoms with Crippen LogP contribution in [0.3, 0.4) is 0 Å². The second-order valence-corrected chi connectivity index (χ2v) is 5.78. The molecule has 0 fully saturated rings. The molecule has 0 radical (unpaired) electrons. The molecule has 0 unspecified atom stereocenters. The quantitative estimate of drug-likeness (QED) is 0.902. The highest BCUT2D eigenvalue weighted by Crippen LogP contribution is 2.28. The van der Waals surface area contributed by atoms with Gasteiger partial charge in [0.2, 0.25) is 0 Å². The number of nitrogens with one attached hydrogen (secondary N) is 1. The van der Waals surface area contributed by atoms with Crippen molar-refractivity contribution in [3.05, 3.63) is 53.7 Å². The number of rotatable bonds is 5. The van der Waals surface area contributed by atoms with Crippen molar-refractivity contribution in [1.29, 1.82) is 0 Å². The minimum absolute atomic E-state index is 0.368. The maximum absolute atomic E-state index is 13.5. The molecule has 0 amide bonds. The molecule has 0 saturated carbocycles. The number of hydrogen-bond acceptors (Lipinski definition) is 3. The van der Waals surface area contributed by atoms with E-state index in [1.807, 2.05) is 12.1 Å². The van der Waals surface area contributed by atoms with Crippen LogP contribution in [-0.2, 0) is 6.54 Å². The summed E-state index contributed by atoms with van der Waals surface area (Å²) in [7, 11) is 0. The normalized spacial score (nSPS) is 11.1. The molecule has 106 valence electrons. The first kappa shape index (κ1) is 14.9. The molecule has 20 heavy (non-hydrogen) atoms. The largest absolute Gasteiger partial charge is 0.310 e. The predicted octanol–water partition coefficient (Wildman–Crippen LogP) is 4.01. The molecule has 0 aliphatic heterocycles. The fraction of sp³-hybridized carbons (Fsp3) is 0.267. The lowest BCUT2D eigenvalue weighted by Crippen LogP contribution is -2.21. The Morgan fingerprint density at radius 2 is 2.00 bits per heavy atom. The van der Waals surface area contributed by atoms with Gasteiger partial charge in [0.25, 0.3) is 0 Å². The second kappa shape index (κ2) is 6.81. The molecule has 2 aromatic rings. The minimum Gasteiger partial charge on any atom is -0.310 e. The number of nitrogens with zero attached hydrogens (tertiary/aromatic N) is 1. The highest BCUT2D eigenvalue weighted by Gasteiger charge is 2.06. The van der Waals surface area contributed by atoms with Crippen molar-refractivity contribution < 1.29 is 8.78 Å². The van der Waals surface area contributed by atoms with E-state index in [1.165, 1.54) is 23.9 Å². The third-order valence-corrected chi connectivity index (χ3v) is 3.62. The monoisotopic (exact) mass is 294 g/mol. The van der Waals surface area contributed by atoms with E-state index in [-0.39, 0.29) is 0 Å². The second-order valence-electron chi connectivity index (χ2n) is 4.72. The summed E-state index contributed by atoms with van der Waals surface area (Å²) in [6, 6.07) is 7.75. The van der Waals surface area contributed by atoms with Gasteiger partial charge in [0.05, 0.1) is 0 Å². The smallest absolute Gasteiger partial charge is 0.140 e. The zero-order valence-electron chi connectivity index (χ0n) is 11.4. The van der Waals surface area contributed by atoms with Crippen molar-refractivity contribution in [3.8, 4) is 0 Å². The van der Waals surface area contributed by atoms with Gasteiger partial charge in [-0.05, 0) is 23.8 Å². The van der Waals surface area contributed by atoms with Gasteiger partial charge in [-0.2, -0.15) is 0 Å². The van der Waals surface area contributed by atoms with Crippen LogP contribution in [0.2, 0.25) is 0 Å². The molecule has 1 aromatic carbocycles. The van der Waals surface area contributed by atoms with E-state index in [1.54, 1.807) is 6.20 Å². The van der Waals surface area contributed by atoms with Crippen LogP contribution in [0.25, 0.3) is 0 Å². The Hall–Kier alpha value is -1.46. The lowest BCUT2D eigenvalue weighted by molar-refractivity contribution is 0.565. The number of aromatic nitrogens is 1. The fourth-order valence-corrected chi connectivity index (χ4v) is 2.33. The molecular weight excluding hydrogens is 278 g/mol. The molecule has 0 aliphatic rings. The van der Waals surface area contributed by atoms with Crippen molar-refractivity contribution in [2.24, 2.45) is 0 Å². The lowest BCUT2D eigenvalue weighted by Gasteiger charge is -2.08. The average molecular weight is 294 g/mol. The molecule has 2 rings (SSSR count). The molecule has 2 nitrogen and oxygen atoms in total. The van der Waals surface area contributed by atoms with Crippen molar-refractivity contribution >= 4 is 11.8 Å². The average Bonchev–Trinajstić information content (AvgIpc) is 2.41. The standard InChI is InChI=1S/C15H16F2N2S/c1-10(2)18-8-11-3-6-15(19-9-11)20-14-5-4-12(16)7-13(14)17/h3-7,9-10,18H,8H2,1-2H3. The fourth-order valence-electron chi connectivity index (χ4n) is 1.57. The van der Waals surface area contributed by atoms with Crippen LogP contribution in [0.15, 0.2) is 46.5 Å². The maximum atomic E-state index is 13.5. The summed E-state index contributed by atoms with van der Waals surface area (Å²) in [5, 5.41) is 3.98. The van der Waals surface area contributed by atoms with Gasteiger partial charge in [0.15, 0.2) is 0 Å². The van der Waals surface area contributed by atoms with Gasteiger partial charge in [-0.25, -0.2) is 13.8 Å². The van der Waals surface area contributed by atoms with E-state index < -0.39 is 11.6 Å². The lowest BCUT2D eigenvalue weighted by atomic mass is 10.2. The first-order valence-electron chi connectivity index (χ1n) is 6.36. The van der Waals surface area contributed by atoms with Gasteiger partial charge >= 0.3 is 0 Å². The number of benzene rings is 1. The molecule has 1 N–H and O–H groups in total. The molecule has 0 saturated heterocycles. The van der Waals surface area contributed by atoms with Crippen LogP contribution in [0.1, 0.15) is 19.4 Å². The molecule has 1 heterocycles. The first-order valence-corrected chi connectivity index (χ1v) is 7.17. The summed E-state index contributed by atoms with van der Waals surface area (Å²) >= 11 is 1.18. The van der Waals surface area contributed by atoms with E-state index in [2.05, 4.69) is 24.1 Å². The van der Waals surface area contributed by atoms with Gasteiger partial charge in [-0.1, -0.05) is 31.7 Å². The van der Waals surface area contributed by atoms with Crippen molar-refractivity contribution in [1.82, 2.24) is 10.3 Å². The summed E-state index contributed by atoms with van der Waals surface area (Å²) in [6.45, 7) is 4.91. The highest BCUT2D eigenvalue weighted by atomic mass is 32.2. The Bertz CT molecular complexity index is 571. The molecule has 0 atom stereocenters. The van der Waals surface area contributed by atoms with Gasteiger partial charge in [-0.15, -0.1) is 0 Å². The molecule has 1 aromatic heterocycles. The van der Waals surface area contributed by atoms with Gasteiger partial charge in [-0.3, -0.25) is 0 Å². The predicted molar refractivity (Wildman–Crippen MR) is 76.7 cm³/mol. The zero-order valence-corrected chi connectivity index (χ0v) is 12.2. The van der Waals surface area contributed by atoms with Crippen molar-refractivity contribution in [2.45, 2.75) is 36.4 Å². The van der Waals surface area contributed by atoms with E-state index in [4.69, 9.17) is 0 Å². The van der Waals surface area contributed by atoms with Crippen molar-refractivity contribution in [3.63, 3.8) is 0 Å². The van der Waals surface area contributed by atoms with Crippen LogP contribution >= 0.6 is 11.8 Å². The Morgan fingerprint density at radius 3 is 2.60 bits per heavy atom. The minimum atomic E-state index is -0.574.